The summed E-state index contributed by atoms with van der Waals surface area (Å²) in [6.07, 6.45) is 0.130. The van der Waals surface area contributed by atoms with E-state index in [0.717, 1.165) is 36.1 Å². The van der Waals surface area contributed by atoms with E-state index in [0.29, 0.717) is 11.8 Å². The first-order valence-corrected chi connectivity index (χ1v) is 11.0. The molecule has 156 valence electrons. The summed E-state index contributed by atoms with van der Waals surface area (Å²) in [4.78, 5) is 2.36. The predicted molar refractivity (Wildman–Crippen MR) is 126 cm³/mol. The molecule has 3 aromatic rings. The van der Waals surface area contributed by atoms with Crippen LogP contribution in [0, 0.1) is 5.92 Å². The minimum atomic E-state index is 0.130. The van der Waals surface area contributed by atoms with Crippen molar-refractivity contribution in [1.82, 2.24) is 5.32 Å². The zero-order chi connectivity index (χ0) is 20.9. The SMILES string of the molecule is CC(C)c1cccc(OC2CNCC2CN(c2ccccc2)c2ccc(Cl)cc2)c1. The molecule has 1 heterocycles. The molecule has 0 radical (unpaired) electrons. The maximum atomic E-state index is 6.46. The van der Waals surface area contributed by atoms with Gasteiger partial charge in [-0.05, 0) is 60.0 Å². The monoisotopic (exact) mass is 420 g/mol. The number of halogens is 1. The van der Waals surface area contributed by atoms with Crippen LogP contribution >= 0.6 is 11.6 Å². The van der Waals surface area contributed by atoms with Crippen molar-refractivity contribution in [3.05, 3.63) is 89.4 Å². The smallest absolute Gasteiger partial charge is 0.120 e. The molecular formula is C26H29ClN2O. The molecule has 1 fully saturated rings. The Hall–Kier alpha value is -2.49. The molecule has 4 heteroatoms. The Kier molecular flexibility index (Phi) is 6.61. The van der Waals surface area contributed by atoms with Gasteiger partial charge in [0, 0.05) is 41.9 Å². The summed E-state index contributed by atoms with van der Waals surface area (Å²) in [7, 11) is 0. The fraction of sp³-hybridized carbons (Fsp3) is 0.308. The van der Waals surface area contributed by atoms with Crippen molar-refractivity contribution in [1.29, 1.82) is 0 Å². The van der Waals surface area contributed by atoms with Crippen molar-refractivity contribution < 1.29 is 4.74 Å². The lowest BCUT2D eigenvalue weighted by Crippen LogP contribution is -2.35. The molecule has 0 spiro atoms. The summed E-state index contributed by atoms with van der Waals surface area (Å²) < 4.78 is 6.46. The molecule has 2 unspecified atom stereocenters. The summed E-state index contributed by atoms with van der Waals surface area (Å²) in [6, 6.07) is 27.1. The summed E-state index contributed by atoms with van der Waals surface area (Å²) in [5.41, 5.74) is 3.62. The van der Waals surface area contributed by atoms with E-state index in [-0.39, 0.29) is 6.10 Å². The highest BCUT2D eigenvalue weighted by atomic mass is 35.5. The van der Waals surface area contributed by atoms with Gasteiger partial charge in [-0.3, -0.25) is 0 Å². The van der Waals surface area contributed by atoms with Crippen LogP contribution < -0.4 is 15.0 Å². The minimum absolute atomic E-state index is 0.130. The largest absolute Gasteiger partial charge is 0.489 e. The van der Waals surface area contributed by atoms with Gasteiger partial charge in [0.25, 0.3) is 0 Å². The third kappa shape index (κ3) is 4.97. The predicted octanol–water partition coefficient (Wildman–Crippen LogP) is 6.27. The van der Waals surface area contributed by atoms with Crippen molar-refractivity contribution in [2.24, 2.45) is 5.92 Å². The second-order valence-corrected chi connectivity index (χ2v) is 8.66. The zero-order valence-electron chi connectivity index (χ0n) is 17.6. The van der Waals surface area contributed by atoms with Gasteiger partial charge in [0.1, 0.15) is 11.9 Å². The van der Waals surface area contributed by atoms with Crippen LogP contribution in [0.5, 0.6) is 5.75 Å². The number of hydrogen-bond acceptors (Lipinski definition) is 3. The van der Waals surface area contributed by atoms with E-state index in [2.05, 4.69) is 84.7 Å². The number of para-hydroxylation sites is 1. The third-order valence-electron chi connectivity index (χ3n) is 5.71. The molecule has 0 amide bonds. The average molecular weight is 421 g/mol. The topological polar surface area (TPSA) is 24.5 Å². The summed E-state index contributed by atoms with van der Waals surface area (Å²) in [5.74, 6) is 1.81. The first-order valence-electron chi connectivity index (χ1n) is 10.7. The van der Waals surface area contributed by atoms with E-state index in [1.54, 1.807) is 0 Å². The molecule has 1 N–H and O–H groups in total. The van der Waals surface area contributed by atoms with Crippen LogP contribution in [0.2, 0.25) is 5.02 Å². The highest BCUT2D eigenvalue weighted by Crippen LogP contribution is 2.30. The number of nitrogens with zero attached hydrogens (tertiary/aromatic N) is 1. The molecule has 0 aromatic heterocycles. The fourth-order valence-corrected chi connectivity index (χ4v) is 4.10. The van der Waals surface area contributed by atoms with Gasteiger partial charge in [0.2, 0.25) is 0 Å². The van der Waals surface area contributed by atoms with Gasteiger partial charge in [-0.25, -0.2) is 0 Å². The standard InChI is InChI=1S/C26H29ClN2O/c1-19(2)20-7-6-10-25(15-20)30-26-17-28-16-21(26)18-29(23-8-4-3-5-9-23)24-13-11-22(27)12-14-24/h3-15,19,21,26,28H,16-18H2,1-2H3. The van der Waals surface area contributed by atoms with Crippen molar-refractivity contribution in [3.8, 4) is 5.75 Å². The summed E-state index contributed by atoms with van der Waals surface area (Å²) in [5, 5.41) is 4.28. The molecule has 0 saturated carbocycles. The van der Waals surface area contributed by atoms with Gasteiger partial charge < -0.3 is 15.0 Å². The van der Waals surface area contributed by atoms with E-state index < -0.39 is 0 Å². The Morgan fingerprint density at radius 2 is 1.67 bits per heavy atom. The molecule has 3 aromatic carbocycles. The molecule has 3 nitrogen and oxygen atoms in total. The number of nitrogens with one attached hydrogen (secondary N) is 1. The Labute approximate surface area is 184 Å². The highest BCUT2D eigenvalue weighted by molar-refractivity contribution is 6.30. The first kappa shape index (κ1) is 20.8. The summed E-state index contributed by atoms with van der Waals surface area (Å²) in [6.45, 7) is 7.09. The number of anilines is 2. The summed E-state index contributed by atoms with van der Waals surface area (Å²) >= 11 is 6.13. The normalized spacial score (nSPS) is 18.5. The Morgan fingerprint density at radius 3 is 2.40 bits per heavy atom. The molecule has 0 aliphatic carbocycles. The van der Waals surface area contributed by atoms with Gasteiger partial charge in [-0.1, -0.05) is 55.8 Å². The second-order valence-electron chi connectivity index (χ2n) is 8.22. The van der Waals surface area contributed by atoms with Gasteiger partial charge in [-0.2, -0.15) is 0 Å². The number of hydrogen-bond donors (Lipinski definition) is 1. The Balaban J connectivity index is 1.54. The third-order valence-corrected chi connectivity index (χ3v) is 5.97. The number of benzene rings is 3. The molecule has 1 aliphatic heterocycles. The number of ether oxygens (including phenoxy) is 1. The maximum Gasteiger partial charge on any atom is 0.120 e. The first-order chi connectivity index (χ1) is 14.6. The van der Waals surface area contributed by atoms with Crippen molar-refractivity contribution in [2.75, 3.05) is 24.5 Å². The van der Waals surface area contributed by atoms with Crippen LogP contribution in [0.25, 0.3) is 0 Å². The van der Waals surface area contributed by atoms with E-state index in [1.807, 2.05) is 18.2 Å². The quantitative estimate of drug-likeness (QED) is 0.487. The Bertz CT molecular complexity index is 943. The minimum Gasteiger partial charge on any atom is -0.489 e. The molecule has 30 heavy (non-hydrogen) atoms. The lowest BCUT2D eigenvalue weighted by molar-refractivity contribution is 0.177. The van der Waals surface area contributed by atoms with Gasteiger partial charge in [0.05, 0.1) is 0 Å². The van der Waals surface area contributed by atoms with Crippen LogP contribution in [-0.4, -0.2) is 25.7 Å². The van der Waals surface area contributed by atoms with Crippen molar-refractivity contribution in [3.63, 3.8) is 0 Å². The molecule has 0 bridgehead atoms. The zero-order valence-corrected chi connectivity index (χ0v) is 18.3. The van der Waals surface area contributed by atoms with E-state index >= 15 is 0 Å². The lowest BCUT2D eigenvalue weighted by atomic mass is 10.0. The van der Waals surface area contributed by atoms with Crippen molar-refractivity contribution >= 4 is 23.0 Å². The molecular weight excluding hydrogens is 392 g/mol. The molecule has 2 atom stereocenters. The van der Waals surface area contributed by atoms with E-state index in [4.69, 9.17) is 16.3 Å². The lowest BCUT2D eigenvalue weighted by Gasteiger charge is -2.30. The van der Waals surface area contributed by atoms with E-state index in [9.17, 15) is 0 Å². The van der Waals surface area contributed by atoms with Gasteiger partial charge in [-0.15, -0.1) is 0 Å². The Morgan fingerprint density at radius 1 is 0.933 bits per heavy atom. The van der Waals surface area contributed by atoms with Crippen LogP contribution in [0.1, 0.15) is 25.3 Å². The maximum absolute atomic E-state index is 6.46. The van der Waals surface area contributed by atoms with Crippen LogP contribution in [-0.2, 0) is 0 Å². The second kappa shape index (κ2) is 9.55. The van der Waals surface area contributed by atoms with Crippen molar-refractivity contribution in [2.45, 2.75) is 25.9 Å². The van der Waals surface area contributed by atoms with Crippen LogP contribution in [0.3, 0.4) is 0 Å². The van der Waals surface area contributed by atoms with Crippen LogP contribution in [0.15, 0.2) is 78.9 Å². The van der Waals surface area contributed by atoms with Gasteiger partial charge in [0.15, 0.2) is 0 Å². The fourth-order valence-electron chi connectivity index (χ4n) is 3.97. The average Bonchev–Trinajstić information content (AvgIpc) is 3.20. The number of rotatable bonds is 7. The van der Waals surface area contributed by atoms with Crippen LogP contribution in [0.4, 0.5) is 11.4 Å². The molecule has 1 aliphatic rings. The molecule has 4 rings (SSSR count). The van der Waals surface area contributed by atoms with Gasteiger partial charge >= 0.3 is 0 Å². The highest BCUT2D eigenvalue weighted by Gasteiger charge is 2.31. The molecule has 1 saturated heterocycles. The van der Waals surface area contributed by atoms with E-state index in [1.165, 1.54) is 11.3 Å².